The average Bonchev–Trinajstić information content (AvgIpc) is 3.07. The number of nitrogens with one attached hydrogen (secondary N) is 3. The van der Waals surface area contributed by atoms with Gasteiger partial charge in [0.05, 0.1) is 11.7 Å². The number of aryl methyl sites for hydroxylation is 1. The van der Waals surface area contributed by atoms with E-state index in [1.165, 1.54) is 4.68 Å². The van der Waals surface area contributed by atoms with Gasteiger partial charge in [0.25, 0.3) is 5.91 Å². The normalized spacial score (nSPS) is 15.9. The molecule has 9 nitrogen and oxygen atoms in total. The van der Waals surface area contributed by atoms with Crippen molar-refractivity contribution in [2.75, 3.05) is 6.54 Å². The third-order valence-electron chi connectivity index (χ3n) is 4.91. The SMILES string of the molecule is CC(C)NC(=O)CCCC(=O)NCC1(NC(=O)c2cn(C)nn2)CCCCC1. The van der Waals surface area contributed by atoms with E-state index in [1.54, 1.807) is 13.2 Å². The van der Waals surface area contributed by atoms with Gasteiger partial charge in [0.15, 0.2) is 5.69 Å². The standard InChI is InChI=1S/C19H32N6O3/c1-14(2)21-17(27)9-7-8-16(26)20-13-19(10-5-4-6-11-19)22-18(28)15-12-25(3)24-23-15/h12,14H,4-11,13H2,1-3H3,(H,20,26)(H,21,27)(H,22,28). The number of carbonyl (C=O) groups is 3. The lowest BCUT2D eigenvalue weighted by molar-refractivity contribution is -0.122. The lowest BCUT2D eigenvalue weighted by Gasteiger charge is -2.38. The van der Waals surface area contributed by atoms with E-state index in [2.05, 4.69) is 26.3 Å². The second kappa shape index (κ2) is 10.2. The number of hydrogen-bond acceptors (Lipinski definition) is 5. The minimum atomic E-state index is -0.461. The molecule has 0 atom stereocenters. The second-order valence-electron chi connectivity index (χ2n) is 7.93. The zero-order chi connectivity index (χ0) is 20.6. The van der Waals surface area contributed by atoms with Crippen molar-refractivity contribution in [1.29, 1.82) is 0 Å². The molecule has 0 spiro atoms. The Bertz CT molecular complexity index is 679. The molecule has 0 radical (unpaired) electrons. The Labute approximate surface area is 166 Å². The third-order valence-corrected chi connectivity index (χ3v) is 4.91. The molecule has 1 saturated carbocycles. The summed E-state index contributed by atoms with van der Waals surface area (Å²) in [5.41, 5.74) is -0.188. The van der Waals surface area contributed by atoms with Gasteiger partial charge >= 0.3 is 0 Å². The molecule has 3 N–H and O–H groups in total. The van der Waals surface area contributed by atoms with E-state index < -0.39 is 5.54 Å². The number of hydrogen-bond donors (Lipinski definition) is 3. The van der Waals surface area contributed by atoms with Crippen molar-refractivity contribution in [3.05, 3.63) is 11.9 Å². The van der Waals surface area contributed by atoms with Crippen LogP contribution in [0.25, 0.3) is 0 Å². The van der Waals surface area contributed by atoms with E-state index in [9.17, 15) is 14.4 Å². The molecule has 1 aliphatic carbocycles. The maximum atomic E-state index is 12.5. The molecule has 156 valence electrons. The Balaban J connectivity index is 1.83. The Morgan fingerprint density at radius 2 is 1.82 bits per heavy atom. The van der Waals surface area contributed by atoms with Gasteiger partial charge in [-0.25, -0.2) is 0 Å². The van der Waals surface area contributed by atoms with Crippen molar-refractivity contribution < 1.29 is 14.4 Å². The van der Waals surface area contributed by atoms with E-state index in [0.717, 1.165) is 32.1 Å². The fourth-order valence-electron chi connectivity index (χ4n) is 3.49. The summed E-state index contributed by atoms with van der Waals surface area (Å²) in [6.45, 7) is 4.20. The second-order valence-corrected chi connectivity index (χ2v) is 7.93. The minimum Gasteiger partial charge on any atom is -0.354 e. The lowest BCUT2D eigenvalue weighted by Crippen LogP contribution is -2.56. The minimum absolute atomic E-state index is 0.0391. The van der Waals surface area contributed by atoms with Gasteiger partial charge < -0.3 is 16.0 Å². The van der Waals surface area contributed by atoms with Crippen LogP contribution in [-0.2, 0) is 16.6 Å². The van der Waals surface area contributed by atoms with Crippen LogP contribution in [0.1, 0.15) is 75.7 Å². The highest BCUT2D eigenvalue weighted by Crippen LogP contribution is 2.28. The molecule has 0 bridgehead atoms. The van der Waals surface area contributed by atoms with Crippen molar-refractivity contribution in [2.24, 2.45) is 7.05 Å². The molecule has 1 aromatic rings. The summed E-state index contributed by atoms with van der Waals surface area (Å²) >= 11 is 0. The van der Waals surface area contributed by atoms with E-state index in [1.807, 2.05) is 13.8 Å². The summed E-state index contributed by atoms with van der Waals surface area (Å²) in [5.74, 6) is -0.409. The van der Waals surface area contributed by atoms with Crippen molar-refractivity contribution in [3.63, 3.8) is 0 Å². The molecule has 28 heavy (non-hydrogen) atoms. The molecule has 1 aromatic heterocycles. The van der Waals surface area contributed by atoms with Crippen molar-refractivity contribution in [1.82, 2.24) is 30.9 Å². The maximum absolute atomic E-state index is 12.5. The van der Waals surface area contributed by atoms with Crippen LogP contribution in [0, 0.1) is 0 Å². The number of nitrogens with zero attached hydrogens (tertiary/aromatic N) is 3. The van der Waals surface area contributed by atoms with Crippen molar-refractivity contribution in [3.8, 4) is 0 Å². The summed E-state index contributed by atoms with van der Waals surface area (Å²) in [7, 11) is 1.71. The first kappa shape index (κ1) is 21.8. The maximum Gasteiger partial charge on any atom is 0.273 e. The van der Waals surface area contributed by atoms with E-state index in [0.29, 0.717) is 25.8 Å². The molecular weight excluding hydrogens is 360 g/mol. The molecule has 9 heteroatoms. The number of aromatic nitrogens is 3. The summed E-state index contributed by atoms with van der Waals surface area (Å²) in [5, 5.41) is 16.5. The predicted octanol–water partition coefficient (Wildman–Crippen LogP) is 1.06. The van der Waals surface area contributed by atoms with Gasteiger partial charge in [-0.1, -0.05) is 24.5 Å². The first-order valence-corrected chi connectivity index (χ1v) is 10.0. The molecule has 3 amide bonds. The Morgan fingerprint density at radius 3 is 2.43 bits per heavy atom. The Kier molecular flexibility index (Phi) is 7.95. The van der Waals surface area contributed by atoms with Gasteiger partial charge in [-0.05, 0) is 33.1 Å². The Hall–Kier alpha value is -2.45. The third kappa shape index (κ3) is 6.94. The zero-order valence-corrected chi connectivity index (χ0v) is 17.1. The zero-order valence-electron chi connectivity index (χ0n) is 17.1. The molecule has 0 saturated heterocycles. The van der Waals surface area contributed by atoms with Crippen LogP contribution in [0.3, 0.4) is 0 Å². The summed E-state index contributed by atoms with van der Waals surface area (Å²) in [4.78, 5) is 36.4. The predicted molar refractivity (Wildman–Crippen MR) is 104 cm³/mol. The summed E-state index contributed by atoms with van der Waals surface area (Å²) < 4.78 is 1.49. The fourth-order valence-corrected chi connectivity index (χ4v) is 3.49. The van der Waals surface area contributed by atoms with Crippen LogP contribution < -0.4 is 16.0 Å². The van der Waals surface area contributed by atoms with Gasteiger partial charge in [0.1, 0.15) is 0 Å². The van der Waals surface area contributed by atoms with E-state index in [4.69, 9.17) is 0 Å². The molecule has 1 fully saturated rings. The topological polar surface area (TPSA) is 118 Å². The average molecular weight is 393 g/mol. The molecule has 0 aliphatic heterocycles. The monoisotopic (exact) mass is 392 g/mol. The summed E-state index contributed by atoms with van der Waals surface area (Å²) in [6, 6.07) is 0.102. The molecule has 1 aliphatic rings. The smallest absolute Gasteiger partial charge is 0.273 e. The fraction of sp³-hybridized carbons (Fsp3) is 0.737. The molecule has 0 unspecified atom stereocenters. The Morgan fingerprint density at radius 1 is 1.14 bits per heavy atom. The van der Waals surface area contributed by atoms with Crippen LogP contribution in [0.15, 0.2) is 6.20 Å². The highest BCUT2D eigenvalue weighted by Gasteiger charge is 2.34. The van der Waals surface area contributed by atoms with Crippen LogP contribution >= 0.6 is 0 Å². The lowest BCUT2D eigenvalue weighted by atomic mass is 9.81. The number of carbonyl (C=O) groups excluding carboxylic acids is 3. The van der Waals surface area contributed by atoms with Gasteiger partial charge in [-0.3, -0.25) is 19.1 Å². The van der Waals surface area contributed by atoms with E-state index in [-0.39, 0.29) is 29.5 Å². The van der Waals surface area contributed by atoms with Crippen LogP contribution in [0.5, 0.6) is 0 Å². The van der Waals surface area contributed by atoms with Gasteiger partial charge in [-0.2, -0.15) is 0 Å². The quantitative estimate of drug-likeness (QED) is 0.581. The summed E-state index contributed by atoms with van der Waals surface area (Å²) in [6.07, 6.45) is 7.47. The largest absolute Gasteiger partial charge is 0.354 e. The van der Waals surface area contributed by atoms with Crippen LogP contribution in [0.2, 0.25) is 0 Å². The van der Waals surface area contributed by atoms with Crippen LogP contribution in [-0.4, -0.2) is 50.8 Å². The number of rotatable bonds is 9. The highest BCUT2D eigenvalue weighted by molar-refractivity contribution is 5.92. The first-order chi connectivity index (χ1) is 13.3. The van der Waals surface area contributed by atoms with Crippen LogP contribution in [0.4, 0.5) is 0 Å². The molecule has 2 rings (SSSR count). The van der Waals surface area contributed by atoms with Gasteiger partial charge in [0, 0.05) is 32.5 Å². The number of amides is 3. The first-order valence-electron chi connectivity index (χ1n) is 10.0. The molecule has 0 aromatic carbocycles. The highest BCUT2D eigenvalue weighted by atomic mass is 16.2. The van der Waals surface area contributed by atoms with Crippen molar-refractivity contribution in [2.45, 2.75) is 76.8 Å². The molecule has 1 heterocycles. The van der Waals surface area contributed by atoms with Gasteiger partial charge in [-0.15, -0.1) is 5.10 Å². The molecular formula is C19H32N6O3. The van der Waals surface area contributed by atoms with E-state index >= 15 is 0 Å². The van der Waals surface area contributed by atoms with Gasteiger partial charge in [0.2, 0.25) is 11.8 Å². The van der Waals surface area contributed by atoms with Crippen molar-refractivity contribution >= 4 is 17.7 Å².